The molecule has 1 aromatic carbocycles. The van der Waals surface area contributed by atoms with Gasteiger partial charge in [-0.05, 0) is 31.1 Å². The van der Waals surface area contributed by atoms with Crippen molar-refractivity contribution < 1.29 is 14.3 Å². The van der Waals surface area contributed by atoms with E-state index in [4.69, 9.17) is 4.74 Å². The molecule has 1 aromatic rings. The van der Waals surface area contributed by atoms with E-state index in [2.05, 4.69) is 0 Å². The first-order chi connectivity index (χ1) is 9.25. The average Bonchev–Trinajstić information content (AvgIpc) is 3.07. The van der Waals surface area contributed by atoms with Crippen molar-refractivity contribution >= 4 is 11.9 Å². The summed E-state index contributed by atoms with van der Waals surface area (Å²) in [6.07, 6.45) is 4.73. The lowest BCUT2D eigenvalue weighted by Gasteiger charge is -2.28. The van der Waals surface area contributed by atoms with Crippen LogP contribution in [0.1, 0.15) is 23.2 Å². The van der Waals surface area contributed by atoms with Gasteiger partial charge in [-0.15, -0.1) is 0 Å². The molecule has 0 aromatic heterocycles. The normalized spacial score (nSPS) is 25.7. The number of amides is 1. The second kappa shape index (κ2) is 4.88. The number of carbonyl (C=O) groups is 2. The molecule has 0 saturated carbocycles. The molecule has 0 unspecified atom stereocenters. The topological polar surface area (TPSA) is 46.6 Å². The van der Waals surface area contributed by atoms with Gasteiger partial charge in [-0.3, -0.25) is 4.79 Å². The number of hydrogen-bond acceptors (Lipinski definition) is 3. The van der Waals surface area contributed by atoms with E-state index in [0.29, 0.717) is 5.56 Å². The first-order valence-corrected chi connectivity index (χ1v) is 6.50. The van der Waals surface area contributed by atoms with E-state index < -0.39 is 0 Å². The summed E-state index contributed by atoms with van der Waals surface area (Å²) >= 11 is 0. The molecule has 0 bridgehead atoms. The number of nitrogens with zero attached hydrogens (tertiary/aromatic N) is 1. The quantitative estimate of drug-likeness (QED) is 0.759. The smallest absolute Gasteiger partial charge is 0.331 e. The molecule has 98 valence electrons. The number of ether oxygens (including phenoxy) is 1. The predicted octanol–water partition coefficient (Wildman–Crippen LogP) is 1.77. The molecule has 4 heteroatoms. The lowest BCUT2D eigenvalue weighted by molar-refractivity contribution is -0.140. The molecule has 2 atom stereocenters. The zero-order valence-corrected chi connectivity index (χ0v) is 10.5. The lowest BCUT2D eigenvalue weighted by Crippen LogP contribution is -2.42. The Morgan fingerprint density at radius 1 is 1.26 bits per heavy atom. The molecule has 4 nitrogen and oxygen atoms in total. The first kappa shape index (κ1) is 12.0. The highest BCUT2D eigenvalue weighted by molar-refractivity contribution is 5.94. The lowest BCUT2D eigenvalue weighted by atomic mass is 10.1. The van der Waals surface area contributed by atoms with E-state index in [1.807, 2.05) is 35.2 Å². The van der Waals surface area contributed by atoms with Gasteiger partial charge in [0.1, 0.15) is 6.10 Å². The summed E-state index contributed by atoms with van der Waals surface area (Å²) < 4.78 is 5.22. The number of cyclic esters (lactones) is 1. The standard InChI is InChI=1S/C15H15NO3/c17-14-9-8-13(19-14)12-7-4-10-16(12)15(18)11-5-2-1-3-6-11/h1-3,5-6,8-9,12-13H,4,7,10H2/t12-,13+/m0/s1. The molecule has 19 heavy (non-hydrogen) atoms. The molecule has 0 aliphatic carbocycles. The van der Waals surface area contributed by atoms with Crippen LogP contribution in [0.3, 0.4) is 0 Å². The Hall–Kier alpha value is -2.10. The highest BCUT2D eigenvalue weighted by atomic mass is 16.5. The third kappa shape index (κ3) is 2.26. The maximum Gasteiger partial charge on any atom is 0.331 e. The van der Waals surface area contributed by atoms with Crippen LogP contribution in [0, 0.1) is 0 Å². The van der Waals surface area contributed by atoms with Crippen molar-refractivity contribution in [3.05, 3.63) is 48.0 Å². The summed E-state index contributed by atoms with van der Waals surface area (Å²) in [6, 6.07) is 9.19. The fourth-order valence-corrected chi connectivity index (χ4v) is 2.73. The molecule has 2 heterocycles. The largest absolute Gasteiger partial charge is 0.453 e. The fourth-order valence-electron chi connectivity index (χ4n) is 2.73. The van der Waals surface area contributed by atoms with Crippen LogP contribution < -0.4 is 0 Å². The molecule has 0 N–H and O–H groups in total. The van der Waals surface area contributed by atoms with E-state index in [9.17, 15) is 9.59 Å². The van der Waals surface area contributed by atoms with Gasteiger partial charge in [0, 0.05) is 18.2 Å². The second-order valence-electron chi connectivity index (χ2n) is 4.83. The highest BCUT2D eigenvalue weighted by Gasteiger charge is 2.37. The molecular formula is C15H15NO3. The average molecular weight is 257 g/mol. The van der Waals surface area contributed by atoms with Gasteiger partial charge in [0.25, 0.3) is 5.91 Å². The number of rotatable bonds is 2. The third-order valence-electron chi connectivity index (χ3n) is 3.63. The van der Waals surface area contributed by atoms with Crippen LogP contribution >= 0.6 is 0 Å². The van der Waals surface area contributed by atoms with Crippen molar-refractivity contribution in [2.24, 2.45) is 0 Å². The number of esters is 1. The Morgan fingerprint density at radius 2 is 2.05 bits per heavy atom. The maximum absolute atomic E-state index is 12.5. The van der Waals surface area contributed by atoms with Crippen molar-refractivity contribution in [3.63, 3.8) is 0 Å². The van der Waals surface area contributed by atoms with Crippen LogP contribution in [0.2, 0.25) is 0 Å². The Balaban J connectivity index is 1.78. The third-order valence-corrected chi connectivity index (χ3v) is 3.63. The van der Waals surface area contributed by atoms with Crippen LogP contribution in [0.5, 0.6) is 0 Å². The van der Waals surface area contributed by atoms with E-state index >= 15 is 0 Å². The Labute approximate surface area is 111 Å². The molecular weight excluding hydrogens is 242 g/mol. The maximum atomic E-state index is 12.5. The number of carbonyl (C=O) groups excluding carboxylic acids is 2. The van der Waals surface area contributed by atoms with Crippen molar-refractivity contribution in [2.75, 3.05) is 6.54 Å². The fraction of sp³-hybridized carbons (Fsp3) is 0.333. The van der Waals surface area contributed by atoms with Gasteiger partial charge < -0.3 is 9.64 Å². The van der Waals surface area contributed by atoms with Crippen molar-refractivity contribution in [1.82, 2.24) is 4.90 Å². The monoisotopic (exact) mass is 257 g/mol. The summed E-state index contributed by atoms with van der Waals surface area (Å²) in [5.74, 6) is -0.302. The number of benzene rings is 1. The summed E-state index contributed by atoms with van der Waals surface area (Å²) in [6.45, 7) is 0.723. The van der Waals surface area contributed by atoms with Gasteiger partial charge >= 0.3 is 5.97 Å². The van der Waals surface area contributed by atoms with Crippen molar-refractivity contribution in [2.45, 2.75) is 25.0 Å². The highest BCUT2D eigenvalue weighted by Crippen LogP contribution is 2.26. The van der Waals surface area contributed by atoms with E-state index in [0.717, 1.165) is 19.4 Å². The van der Waals surface area contributed by atoms with E-state index in [1.54, 1.807) is 6.08 Å². The molecule has 2 aliphatic heterocycles. The molecule has 0 radical (unpaired) electrons. The Kier molecular flexibility index (Phi) is 3.07. The van der Waals surface area contributed by atoms with Crippen LogP contribution in [0.25, 0.3) is 0 Å². The molecule has 1 amide bonds. The van der Waals surface area contributed by atoms with Crippen LogP contribution in [0.15, 0.2) is 42.5 Å². The summed E-state index contributed by atoms with van der Waals surface area (Å²) in [4.78, 5) is 25.4. The number of likely N-dealkylation sites (tertiary alicyclic amines) is 1. The van der Waals surface area contributed by atoms with Gasteiger partial charge in [-0.1, -0.05) is 18.2 Å². The zero-order chi connectivity index (χ0) is 13.2. The molecule has 0 spiro atoms. The van der Waals surface area contributed by atoms with Gasteiger partial charge in [-0.25, -0.2) is 4.79 Å². The SMILES string of the molecule is O=C1C=C[C@H]([C@@H]2CCCN2C(=O)c2ccccc2)O1. The molecule has 3 rings (SSSR count). The van der Waals surface area contributed by atoms with Gasteiger partial charge in [0.15, 0.2) is 0 Å². The van der Waals surface area contributed by atoms with Gasteiger partial charge in [-0.2, -0.15) is 0 Å². The van der Waals surface area contributed by atoms with E-state index in [-0.39, 0.29) is 24.0 Å². The van der Waals surface area contributed by atoms with Crippen LogP contribution in [-0.2, 0) is 9.53 Å². The first-order valence-electron chi connectivity index (χ1n) is 6.50. The predicted molar refractivity (Wildman–Crippen MR) is 69.5 cm³/mol. The molecule has 1 saturated heterocycles. The van der Waals surface area contributed by atoms with Gasteiger partial charge in [0.05, 0.1) is 6.04 Å². The number of hydrogen-bond donors (Lipinski definition) is 0. The Bertz CT molecular complexity index is 523. The molecule has 2 aliphatic rings. The van der Waals surface area contributed by atoms with Crippen molar-refractivity contribution in [3.8, 4) is 0 Å². The second-order valence-corrected chi connectivity index (χ2v) is 4.83. The van der Waals surface area contributed by atoms with Crippen LogP contribution in [0.4, 0.5) is 0 Å². The van der Waals surface area contributed by atoms with E-state index in [1.165, 1.54) is 6.08 Å². The minimum atomic E-state index is -0.316. The van der Waals surface area contributed by atoms with Gasteiger partial charge in [0.2, 0.25) is 0 Å². The van der Waals surface area contributed by atoms with Crippen LogP contribution in [-0.4, -0.2) is 35.5 Å². The van der Waals surface area contributed by atoms with Crippen molar-refractivity contribution in [1.29, 1.82) is 0 Å². The minimum Gasteiger partial charge on any atom is -0.453 e. The minimum absolute atomic E-state index is 0.0134. The summed E-state index contributed by atoms with van der Waals surface area (Å²) in [5.41, 5.74) is 0.683. The summed E-state index contributed by atoms with van der Waals surface area (Å²) in [7, 11) is 0. The zero-order valence-electron chi connectivity index (χ0n) is 10.5. The molecule has 1 fully saturated rings. The Morgan fingerprint density at radius 3 is 2.74 bits per heavy atom. The summed E-state index contributed by atoms with van der Waals surface area (Å²) in [5, 5.41) is 0.